The van der Waals surface area contributed by atoms with Crippen molar-refractivity contribution in [2.75, 3.05) is 32.6 Å². The summed E-state index contributed by atoms with van der Waals surface area (Å²) in [7, 11) is -3.63. The molecule has 5 rings (SSSR count). The Morgan fingerprint density at radius 2 is 1.81 bits per heavy atom. The fraction of sp³-hybridized carbons (Fsp3) is 0.318. The van der Waals surface area contributed by atoms with Crippen molar-refractivity contribution >= 4 is 38.2 Å². The summed E-state index contributed by atoms with van der Waals surface area (Å²) >= 11 is 1.65. The lowest BCUT2D eigenvalue weighted by atomic mass is 10.0. The number of hydrogen-bond donors (Lipinski definition) is 0. The lowest BCUT2D eigenvalue weighted by Gasteiger charge is -2.26. The zero-order valence-corrected chi connectivity index (χ0v) is 19.5. The van der Waals surface area contributed by atoms with Crippen molar-refractivity contribution in [1.82, 2.24) is 24.1 Å². The maximum absolute atomic E-state index is 13.4. The van der Waals surface area contributed by atoms with Crippen molar-refractivity contribution in [3.8, 4) is 11.3 Å². The Balaban J connectivity index is 1.72. The van der Waals surface area contributed by atoms with E-state index in [9.17, 15) is 8.42 Å². The maximum Gasteiger partial charge on any atom is 0.243 e. The van der Waals surface area contributed by atoms with Crippen LogP contribution in [-0.4, -0.2) is 65.1 Å². The largest absolute Gasteiger partial charge is 0.379 e. The van der Waals surface area contributed by atoms with Gasteiger partial charge in [-0.3, -0.25) is 0 Å². The molecule has 1 fully saturated rings. The Hall–Kier alpha value is -2.53. The molecule has 166 valence electrons. The summed E-state index contributed by atoms with van der Waals surface area (Å²) in [5.74, 6) is 1.43. The number of benzene rings is 2. The van der Waals surface area contributed by atoms with E-state index >= 15 is 0 Å². The highest BCUT2D eigenvalue weighted by molar-refractivity contribution is 7.97. The van der Waals surface area contributed by atoms with E-state index in [2.05, 4.69) is 10.2 Å². The van der Waals surface area contributed by atoms with Crippen LogP contribution in [0, 0.1) is 6.92 Å². The van der Waals surface area contributed by atoms with E-state index in [1.54, 1.807) is 22.3 Å². The SMILES string of the molecule is CSCc1nnc2c3ccccc3c(-c3ccc(C)c(S(=O)(=O)N4CCOCC4)c3)nn12. The molecule has 0 aliphatic carbocycles. The lowest BCUT2D eigenvalue weighted by Crippen LogP contribution is -2.40. The molecule has 0 amide bonds. The third-order valence-electron chi connectivity index (χ3n) is 5.65. The van der Waals surface area contributed by atoms with Crippen molar-refractivity contribution in [2.45, 2.75) is 17.6 Å². The number of rotatable bonds is 5. The summed E-state index contributed by atoms with van der Waals surface area (Å²) in [4.78, 5) is 0.302. The molecule has 2 aromatic carbocycles. The molecule has 0 radical (unpaired) electrons. The quantitative estimate of drug-likeness (QED) is 0.444. The van der Waals surface area contributed by atoms with Crippen molar-refractivity contribution in [3.05, 3.63) is 53.9 Å². The Morgan fingerprint density at radius 3 is 2.56 bits per heavy atom. The summed E-state index contributed by atoms with van der Waals surface area (Å²) in [6.07, 6.45) is 2.01. The predicted molar refractivity (Wildman–Crippen MR) is 125 cm³/mol. The molecule has 10 heteroatoms. The molecule has 3 heterocycles. The van der Waals surface area contributed by atoms with Crippen LogP contribution in [0.3, 0.4) is 0 Å². The third kappa shape index (κ3) is 3.57. The number of aromatic nitrogens is 4. The number of fused-ring (bicyclic) bond motifs is 3. The van der Waals surface area contributed by atoms with Crippen LogP contribution in [0.15, 0.2) is 47.4 Å². The van der Waals surface area contributed by atoms with Crippen molar-refractivity contribution in [1.29, 1.82) is 0 Å². The zero-order valence-electron chi connectivity index (χ0n) is 17.9. The van der Waals surface area contributed by atoms with Crippen LogP contribution in [0.2, 0.25) is 0 Å². The second kappa shape index (κ2) is 8.43. The average molecular weight is 470 g/mol. The van der Waals surface area contributed by atoms with Crippen LogP contribution in [0.4, 0.5) is 0 Å². The molecule has 0 atom stereocenters. The first-order chi connectivity index (χ1) is 15.5. The fourth-order valence-corrected chi connectivity index (χ4v) is 6.10. The second-order valence-electron chi connectivity index (χ2n) is 7.68. The molecule has 2 aromatic heterocycles. The highest BCUT2D eigenvalue weighted by Gasteiger charge is 2.28. The molecular weight excluding hydrogens is 446 g/mol. The van der Waals surface area contributed by atoms with Crippen molar-refractivity contribution in [3.63, 3.8) is 0 Å². The zero-order chi connectivity index (χ0) is 22.3. The predicted octanol–water partition coefficient (Wildman–Crippen LogP) is 3.14. The Bertz CT molecular complexity index is 1410. The molecular formula is C22H23N5O3S2. The van der Waals surface area contributed by atoms with Gasteiger partial charge in [-0.2, -0.15) is 25.7 Å². The number of hydrogen-bond acceptors (Lipinski definition) is 7. The highest BCUT2D eigenvalue weighted by Crippen LogP contribution is 2.32. The van der Waals surface area contributed by atoms with Crippen LogP contribution in [-0.2, 0) is 20.5 Å². The first-order valence-electron chi connectivity index (χ1n) is 10.3. The van der Waals surface area contributed by atoms with E-state index in [1.807, 2.05) is 49.6 Å². The summed E-state index contributed by atoms with van der Waals surface area (Å²) in [5.41, 5.74) is 2.85. The number of ether oxygens (including phenoxy) is 1. The van der Waals surface area contributed by atoms with Crippen LogP contribution in [0.1, 0.15) is 11.4 Å². The van der Waals surface area contributed by atoms with Gasteiger partial charge in [-0.1, -0.05) is 36.4 Å². The molecule has 1 aliphatic heterocycles. The molecule has 1 aliphatic rings. The first-order valence-corrected chi connectivity index (χ1v) is 13.1. The van der Waals surface area contributed by atoms with Crippen molar-refractivity contribution < 1.29 is 13.2 Å². The van der Waals surface area contributed by atoms with Crippen LogP contribution in [0.25, 0.3) is 27.7 Å². The minimum absolute atomic E-state index is 0.302. The van der Waals surface area contributed by atoms with Gasteiger partial charge in [0.05, 0.1) is 29.6 Å². The number of thioether (sulfide) groups is 1. The van der Waals surface area contributed by atoms with Gasteiger partial charge in [0.15, 0.2) is 11.5 Å². The Labute approximate surface area is 190 Å². The van der Waals surface area contributed by atoms with Gasteiger partial charge in [-0.25, -0.2) is 8.42 Å². The standard InChI is InChI=1S/C22H23N5O3S2/c1-15-7-8-16(13-19(15)32(28,29)26-9-11-30-12-10-26)21-17-5-3-4-6-18(17)22-24-23-20(14-31-2)27(22)25-21/h3-8,13H,9-12,14H2,1-2H3. The van der Waals surface area contributed by atoms with Gasteiger partial charge in [0.2, 0.25) is 10.0 Å². The number of morpholine rings is 1. The van der Waals surface area contributed by atoms with Gasteiger partial charge in [-0.05, 0) is 24.8 Å². The van der Waals surface area contributed by atoms with Gasteiger partial charge in [0, 0.05) is 29.4 Å². The first kappa shape index (κ1) is 21.3. The fourth-order valence-electron chi connectivity index (χ4n) is 4.01. The highest BCUT2D eigenvalue weighted by atomic mass is 32.2. The van der Waals surface area contributed by atoms with Gasteiger partial charge >= 0.3 is 0 Å². The Morgan fingerprint density at radius 1 is 1.06 bits per heavy atom. The van der Waals surface area contributed by atoms with E-state index < -0.39 is 10.0 Å². The number of nitrogens with zero attached hydrogens (tertiary/aromatic N) is 5. The van der Waals surface area contributed by atoms with Crippen molar-refractivity contribution in [2.24, 2.45) is 0 Å². The Kier molecular flexibility index (Phi) is 5.62. The minimum Gasteiger partial charge on any atom is -0.379 e. The molecule has 4 aromatic rings. The molecule has 0 bridgehead atoms. The van der Waals surface area contributed by atoms with E-state index in [0.717, 1.165) is 22.2 Å². The average Bonchev–Trinajstić information content (AvgIpc) is 3.22. The van der Waals surface area contributed by atoms with E-state index in [1.165, 1.54) is 4.31 Å². The smallest absolute Gasteiger partial charge is 0.243 e. The summed E-state index contributed by atoms with van der Waals surface area (Å²) in [6, 6.07) is 13.4. The second-order valence-corrected chi connectivity index (χ2v) is 10.4. The summed E-state index contributed by atoms with van der Waals surface area (Å²) in [5, 5.41) is 15.4. The van der Waals surface area contributed by atoms with Gasteiger partial charge < -0.3 is 4.74 Å². The molecule has 0 saturated carbocycles. The topological polar surface area (TPSA) is 89.7 Å². The number of sulfonamides is 1. The molecule has 1 saturated heterocycles. The summed E-state index contributed by atoms with van der Waals surface area (Å²) < 4.78 is 35.4. The third-order valence-corrected chi connectivity index (χ3v) is 8.24. The van der Waals surface area contributed by atoms with Crippen LogP contribution < -0.4 is 0 Å². The maximum atomic E-state index is 13.4. The molecule has 8 nitrogen and oxygen atoms in total. The van der Waals surface area contributed by atoms with Gasteiger partial charge in [0.1, 0.15) is 0 Å². The monoisotopic (exact) mass is 469 g/mol. The normalized spacial score (nSPS) is 15.6. The van der Waals surface area contributed by atoms with E-state index in [4.69, 9.17) is 9.84 Å². The van der Waals surface area contributed by atoms with E-state index in [0.29, 0.717) is 53.9 Å². The molecule has 32 heavy (non-hydrogen) atoms. The molecule has 0 N–H and O–H groups in total. The minimum atomic E-state index is -3.63. The molecule has 0 unspecified atom stereocenters. The van der Waals surface area contributed by atoms with Crippen LogP contribution >= 0.6 is 11.8 Å². The van der Waals surface area contributed by atoms with E-state index in [-0.39, 0.29) is 0 Å². The number of aryl methyl sites for hydroxylation is 1. The summed E-state index contributed by atoms with van der Waals surface area (Å²) in [6.45, 7) is 3.36. The van der Waals surface area contributed by atoms with Gasteiger partial charge in [0.25, 0.3) is 0 Å². The van der Waals surface area contributed by atoms with Gasteiger partial charge in [-0.15, -0.1) is 10.2 Å². The lowest BCUT2D eigenvalue weighted by molar-refractivity contribution is 0.0730. The molecule has 0 spiro atoms. The van der Waals surface area contributed by atoms with Crippen LogP contribution in [0.5, 0.6) is 0 Å².